The van der Waals surface area contributed by atoms with Gasteiger partial charge in [-0.2, -0.15) is 0 Å². The minimum atomic E-state index is -1.51. The van der Waals surface area contributed by atoms with Crippen LogP contribution in [0.15, 0.2) is 97.2 Å². The molecule has 9 heteroatoms. The smallest absolute Gasteiger partial charge is 0.361 e. The van der Waals surface area contributed by atoms with E-state index >= 15 is 0 Å². The summed E-state index contributed by atoms with van der Waals surface area (Å²) in [5.74, 6) is -1.99. The molecule has 9 nitrogen and oxygen atoms in total. The zero-order chi connectivity index (χ0) is 64.7. The van der Waals surface area contributed by atoms with Gasteiger partial charge in [-0.1, -0.05) is 323 Å². The molecule has 0 spiro atoms. The lowest BCUT2D eigenvalue weighted by atomic mass is 10.0. The summed E-state index contributed by atoms with van der Waals surface area (Å²) in [5, 5.41) is 9.76. The first kappa shape index (κ1) is 85.2. The van der Waals surface area contributed by atoms with E-state index in [1.165, 1.54) is 225 Å². The van der Waals surface area contributed by atoms with Gasteiger partial charge in [-0.25, -0.2) is 4.79 Å². The molecule has 2 unspecified atom stereocenters. The van der Waals surface area contributed by atoms with E-state index in [9.17, 15) is 19.5 Å². The van der Waals surface area contributed by atoms with Crippen molar-refractivity contribution in [2.24, 2.45) is 0 Å². The molecule has 0 saturated carbocycles. The van der Waals surface area contributed by atoms with Crippen molar-refractivity contribution in [1.29, 1.82) is 0 Å². The number of aliphatic carboxylic acids is 1. The number of carbonyl (C=O) groups excluding carboxylic acids is 2. The first-order valence-electron chi connectivity index (χ1n) is 37.4. The number of rotatable bonds is 69. The van der Waals surface area contributed by atoms with Gasteiger partial charge in [-0.05, 0) is 96.3 Å². The number of hydrogen-bond acceptors (Lipinski definition) is 7. The third-order valence-corrected chi connectivity index (χ3v) is 16.3. The maximum atomic E-state index is 13.0. The fourth-order valence-corrected chi connectivity index (χ4v) is 10.6. The predicted molar refractivity (Wildman–Crippen MR) is 382 cm³/mol. The van der Waals surface area contributed by atoms with Crippen molar-refractivity contribution < 1.29 is 42.9 Å². The number of unbranched alkanes of at least 4 members (excludes halogenated alkanes) is 38. The van der Waals surface area contributed by atoms with E-state index in [0.29, 0.717) is 17.4 Å². The number of carboxylic acids is 1. The third kappa shape index (κ3) is 71.5. The second kappa shape index (κ2) is 70.1. The summed E-state index contributed by atoms with van der Waals surface area (Å²) in [6.07, 6.45) is 93.9. The van der Waals surface area contributed by atoms with Crippen molar-refractivity contribution >= 4 is 17.9 Å². The van der Waals surface area contributed by atoms with Crippen molar-refractivity contribution in [2.45, 2.75) is 347 Å². The molecule has 514 valence electrons. The molecule has 0 saturated heterocycles. The van der Waals surface area contributed by atoms with Crippen molar-refractivity contribution in [3.8, 4) is 0 Å². The first-order chi connectivity index (χ1) is 43.6. The van der Waals surface area contributed by atoms with Gasteiger partial charge in [-0.3, -0.25) is 9.59 Å². The van der Waals surface area contributed by atoms with Crippen LogP contribution >= 0.6 is 0 Å². The average molecular weight is 1250 g/mol. The van der Waals surface area contributed by atoms with Crippen LogP contribution in [-0.2, 0) is 33.3 Å². The SMILES string of the molecule is CC/C=C\C/C=C\C/C=C\C/C=C\C/C=C\C/C=C\CCCCCCCCCCCCCCCCCCCCC(=O)OC(COC(=O)CCCCCCCCCCCCCCCCC/C=C\C/C=C\CCCCCCC)COC(OCC[N+](C)(C)C)C(=O)O. The summed E-state index contributed by atoms with van der Waals surface area (Å²) in [5.41, 5.74) is 0. The Labute approximate surface area is 550 Å². The molecule has 0 aliphatic heterocycles. The van der Waals surface area contributed by atoms with Crippen molar-refractivity contribution in [3.05, 3.63) is 97.2 Å². The molecule has 1 N–H and O–H groups in total. The molecular formula is C80H142NO8+. The van der Waals surface area contributed by atoms with Gasteiger partial charge >= 0.3 is 17.9 Å². The Morgan fingerprint density at radius 3 is 0.955 bits per heavy atom. The van der Waals surface area contributed by atoms with E-state index in [2.05, 4.69) is 111 Å². The Hall–Kier alpha value is -3.79. The van der Waals surface area contributed by atoms with Gasteiger partial charge in [0.15, 0.2) is 6.10 Å². The van der Waals surface area contributed by atoms with Crippen LogP contribution in [0.2, 0.25) is 0 Å². The van der Waals surface area contributed by atoms with E-state index in [1.807, 2.05) is 21.1 Å². The van der Waals surface area contributed by atoms with E-state index < -0.39 is 24.3 Å². The highest BCUT2D eigenvalue weighted by atomic mass is 16.7. The normalized spacial score (nSPS) is 13.2. The van der Waals surface area contributed by atoms with Crippen LogP contribution in [0.5, 0.6) is 0 Å². The number of ether oxygens (including phenoxy) is 4. The third-order valence-electron chi connectivity index (χ3n) is 16.3. The van der Waals surface area contributed by atoms with E-state index in [0.717, 1.165) is 83.5 Å². The van der Waals surface area contributed by atoms with Gasteiger partial charge in [0.25, 0.3) is 6.29 Å². The monoisotopic (exact) mass is 1250 g/mol. The number of carbonyl (C=O) groups is 3. The quantitative estimate of drug-likeness (QED) is 0.0211. The number of quaternary nitrogens is 1. The summed E-state index contributed by atoms with van der Waals surface area (Å²) in [4.78, 5) is 37.7. The lowest BCUT2D eigenvalue weighted by molar-refractivity contribution is -0.870. The van der Waals surface area contributed by atoms with E-state index in [1.54, 1.807) is 0 Å². The second-order valence-corrected chi connectivity index (χ2v) is 26.2. The summed E-state index contributed by atoms with van der Waals surface area (Å²) in [7, 11) is 5.99. The number of likely N-dealkylation sites (N-methyl/N-ethyl adjacent to an activating group) is 1. The maximum absolute atomic E-state index is 13.0. The lowest BCUT2D eigenvalue weighted by Crippen LogP contribution is -2.40. The molecular weight excluding hydrogens is 1100 g/mol. The van der Waals surface area contributed by atoms with Crippen LogP contribution in [0.4, 0.5) is 0 Å². The minimum absolute atomic E-state index is 0.181. The summed E-state index contributed by atoms with van der Waals surface area (Å²) < 4.78 is 23.0. The minimum Gasteiger partial charge on any atom is -0.477 e. The van der Waals surface area contributed by atoms with E-state index in [-0.39, 0.29) is 32.2 Å². The van der Waals surface area contributed by atoms with Crippen LogP contribution < -0.4 is 0 Å². The summed E-state index contributed by atoms with van der Waals surface area (Å²) >= 11 is 0. The second-order valence-electron chi connectivity index (χ2n) is 26.2. The topological polar surface area (TPSA) is 108 Å². The highest BCUT2D eigenvalue weighted by Gasteiger charge is 2.25. The van der Waals surface area contributed by atoms with Crippen LogP contribution in [0.25, 0.3) is 0 Å². The Balaban J connectivity index is 4.05. The Kier molecular flexibility index (Phi) is 67.1. The fraction of sp³-hybridized carbons (Fsp3) is 0.762. The predicted octanol–water partition coefficient (Wildman–Crippen LogP) is 23.6. The fourth-order valence-electron chi connectivity index (χ4n) is 10.6. The van der Waals surface area contributed by atoms with Crippen LogP contribution in [0.3, 0.4) is 0 Å². The van der Waals surface area contributed by atoms with Gasteiger partial charge < -0.3 is 28.5 Å². The molecule has 0 radical (unpaired) electrons. The van der Waals surface area contributed by atoms with Crippen molar-refractivity contribution in [2.75, 3.05) is 47.5 Å². The molecule has 0 aliphatic carbocycles. The number of hydrogen-bond donors (Lipinski definition) is 1. The molecule has 0 aliphatic rings. The van der Waals surface area contributed by atoms with Gasteiger partial charge in [0.1, 0.15) is 13.2 Å². The molecule has 2 atom stereocenters. The summed E-state index contributed by atoms with van der Waals surface area (Å²) in [6, 6.07) is 0. The molecule has 0 aromatic rings. The largest absolute Gasteiger partial charge is 0.477 e. The van der Waals surface area contributed by atoms with Gasteiger partial charge in [0, 0.05) is 12.8 Å². The summed E-state index contributed by atoms with van der Waals surface area (Å²) in [6.45, 7) is 4.79. The maximum Gasteiger partial charge on any atom is 0.361 e. The van der Waals surface area contributed by atoms with Crippen LogP contribution in [-0.4, -0.2) is 87.4 Å². The Morgan fingerprint density at radius 1 is 0.348 bits per heavy atom. The molecule has 89 heavy (non-hydrogen) atoms. The Bertz CT molecular complexity index is 1790. The number of esters is 2. The number of nitrogens with zero attached hydrogens (tertiary/aromatic N) is 1. The molecule has 0 fully saturated rings. The zero-order valence-electron chi connectivity index (χ0n) is 58.8. The van der Waals surface area contributed by atoms with E-state index in [4.69, 9.17) is 18.9 Å². The molecule has 0 heterocycles. The van der Waals surface area contributed by atoms with Crippen LogP contribution in [0, 0.1) is 0 Å². The van der Waals surface area contributed by atoms with Gasteiger partial charge in [-0.15, -0.1) is 0 Å². The first-order valence-corrected chi connectivity index (χ1v) is 37.4. The average Bonchev–Trinajstić information content (AvgIpc) is 3.70. The highest BCUT2D eigenvalue weighted by molar-refractivity contribution is 5.71. The van der Waals surface area contributed by atoms with Crippen LogP contribution in [0.1, 0.15) is 335 Å². The van der Waals surface area contributed by atoms with Gasteiger partial charge in [0.2, 0.25) is 0 Å². The number of allylic oxidation sites excluding steroid dienone is 16. The Morgan fingerprint density at radius 2 is 0.640 bits per heavy atom. The molecule has 0 aromatic heterocycles. The molecule has 0 amide bonds. The standard InChI is InChI=1S/C80H141NO8/c1-6-8-10-12-14-16-18-20-22-24-26-28-30-32-34-35-36-37-38-39-40-41-42-43-45-47-49-51-53-55-57-59-61-63-65-67-69-71-78(83)89-76(75-88-80(79(84)85)86-73-72-81(3,4)5)74-87-77(82)70-68-66-64-62-60-58-56-54-52-50-48-46-44-33-31-29-27-25-23-21-19-17-15-13-11-9-7-2/h8,10,14,16,19-22,25-28,32,34,36-37,76,80H,6-7,9,11-13,15,17-18,23-24,29-31,33,35,38-75H2,1-5H3/p+1/b10-8-,16-14-,21-19-,22-20-,27-25-,28-26-,34-32-,37-36-. The number of carboxylic acid groups (broad SMARTS) is 1. The lowest BCUT2D eigenvalue weighted by Gasteiger charge is -2.25. The molecule has 0 aromatic carbocycles. The van der Waals surface area contributed by atoms with Crippen molar-refractivity contribution in [3.63, 3.8) is 0 Å². The zero-order valence-corrected chi connectivity index (χ0v) is 58.8. The van der Waals surface area contributed by atoms with Gasteiger partial charge in [0.05, 0.1) is 34.4 Å². The molecule has 0 rings (SSSR count). The highest BCUT2D eigenvalue weighted by Crippen LogP contribution is 2.18. The molecule has 0 bridgehead atoms. The van der Waals surface area contributed by atoms with Crippen molar-refractivity contribution in [1.82, 2.24) is 0 Å².